The normalized spacial score (nSPS) is 39.1. The molecule has 0 aromatic heterocycles. The van der Waals surface area contributed by atoms with Crippen LogP contribution in [0.3, 0.4) is 0 Å². The average molecular weight is 191 g/mol. The van der Waals surface area contributed by atoms with Gasteiger partial charge in [-0.3, -0.25) is 4.79 Å². The molecular formula is C11H18BNO. The van der Waals surface area contributed by atoms with E-state index < -0.39 is 0 Å². The molecular weight excluding hydrogens is 173 g/mol. The lowest BCUT2D eigenvalue weighted by Crippen LogP contribution is -2.46. The summed E-state index contributed by atoms with van der Waals surface area (Å²) >= 11 is 0. The van der Waals surface area contributed by atoms with E-state index in [2.05, 4.69) is 0 Å². The molecule has 1 amide bonds. The molecule has 0 aromatic carbocycles. The van der Waals surface area contributed by atoms with Crippen LogP contribution in [0.5, 0.6) is 0 Å². The lowest BCUT2D eigenvalue weighted by atomic mass is 9.68. The average Bonchev–Trinajstić information content (AvgIpc) is 2.35. The summed E-state index contributed by atoms with van der Waals surface area (Å²) in [5.41, 5.74) is 0. The van der Waals surface area contributed by atoms with Crippen molar-refractivity contribution in [3.8, 4) is 0 Å². The Morgan fingerprint density at radius 2 is 2.00 bits per heavy atom. The molecule has 0 N–H and O–H groups in total. The fourth-order valence-electron chi connectivity index (χ4n) is 2.99. The fourth-order valence-corrected chi connectivity index (χ4v) is 2.99. The summed E-state index contributed by atoms with van der Waals surface area (Å²) in [6.45, 7) is 0. The van der Waals surface area contributed by atoms with Gasteiger partial charge in [0.25, 0.3) is 0 Å². The summed E-state index contributed by atoms with van der Waals surface area (Å²) in [5.74, 6) is 1.18. The summed E-state index contributed by atoms with van der Waals surface area (Å²) in [6.07, 6.45) is 6.47. The van der Waals surface area contributed by atoms with Crippen LogP contribution in [0.25, 0.3) is 0 Å². The minimum atomic E-state index is 0.306. The molecule has 1 aliphatic carbocycles. The largest absolute Gasteiger partial charge is 0.343 e. The van der Waals surface area contributed by atoms with Crippen LogP contribution in [0.1, 0.15) is 38.5 Å². The Labute approximate surface area is 87.5 Å². The zero-order valence-electron chi connectivity index (χ0n) is 8.91. The van der Waals surface area contributed by atoms with Crippen LogP contribution in [0, 0.1) is 5.92 Å². The van der Waals surface area contributed by atoms with Gasteiger partial charge in [-0.2, -0.15) is 0 Å². The number of carbonyl (C=O) groups is 1. The van der Waals surface area contributed by atoms with Gasteiger partial charge in [0, 0.05) is 19.5 Å². The van der Waals surface area contributed by atoms with Gasteiger partial charge in [0.2, 0.25) is 5.91 Å². The molecule has 2 aliphatic rings. The molecule has 3 unspecified atom stereocenters. The first-order valence-electron chi connectivity index (χ1n) is 5.71. The number of hydrogen-bond acceptors (Lipinski definition) is 1. The second-order valence-corrected chi connectivity index (χ2v) is 4.72. The van der Waals surface area contributed by atoms with Crippen LogP contribution in [-0.2, 0) is 4.79 Å². The highest BCUT2D eigenvalue weighted by molar-refractivity contribution is 6.12. The number of amides is 1. The van der Waals surface area contributed by atoms with Crippen molar-refractivity contribution < 1.29 is 4.79 Å². The lowest BCUT2D eigenvalue weighted by molar-refractivity contribution is -0.136. The van der Waals surface area contributed by atoms with Gasteiger partial charge in [0.15, 0.2) is 0 Å². The van der Waals surface area contributed by atoms with Crippen LogP contribution in [0.15, 0.2) is 0 Å². The first-order chi connectivity index (χ1) is 6.70. The Kier molecular flexibility index (Phi) is 2.84. The number of nitrogens with zero attached hydrogens (tertiary/aromatic N) is 1. The van der Waals surface area contributed by atoms with Crippen molar-refractivity contribution in [2.24, 2.45) is 5.92 Å². The third kappa shape index (κ3) is 1.69. The van der Waals surface area contributed by atoms with Crippen LogP contribution >= 0.6 is 0 Å². The predicted molar refractivity (Wildman–Crippen MR) is 57.3 cm³/mol. The Hall–Kier alpha value is -0.465. The van der Waals surface area contributed by atoms with Crippen molar-refractivity contribution in [1.29, 1.82) is 0 Å². The Morgan fingerprint density at radius 3 is 2.79 bits per heavy atom. The number of carbonyl (C=O) groups excluding carboxylic acids is 1. The van der Waals surface area contributed by atoms with E-state index in [1.807, 2.05) is 11.9 Å². The maximum atomic E-state index is 11.6. The molecule has 1 heterocycles. The third-order valence-electron chi connectivity index (χ3n) is 3.91. The quantitative estimate of drug-likeness (QED) is 0.534. The number of piperidine rings is 1. The SMILES string of the molecule is [B]C1CCCCC2C1CCC(=O)N2C. The second kappa shape index (κ2) is 3.96. The van der Waals surface area contributed by atoms with Crippen molar-refractivity contribution in [2.75, 3.05) is 7.05 Å². The zero-order valence-corrected chi connectivity index (χ0v) is 8.91. The highest BCUT2D eigenvalue weighted by Gasteiger charge is 2.36. The van der Waals surface area contributed by atoms with E-state index in [4.69, 9.17) is 7.85 Å². The Bertz CT molecular complexity index is 231. The minimum Gasteiger partial charge on any atom is -0.343 e. The van der Waals surface area contributed by atoms with Crippen LogP contribution in [-0.4, -0.2) is 31.7 Å². The van der Waals surface area contributed by atoms with E-state index >= 15 is 0 Å². The molecule has 2 rings (SSSR count). The topological polar surface area (TPSA) is 20.3 Å². The molecule has 2 radical (unpaired) electrons. The molecule has 1 aliphatic heterocycles. The zero-order chi connectivity index (χ0) is 10.1. The maximum absolute atomic E-state index is 11.6. The van der Waals surface area contributed by atoms with E-state index in [-0.39, 0.29) is 0 Å². The predicted octanol–water partition coefficient (Wildman–Crippen LogP) is 1.75. The standard InChI is InChI=1S/C11H18BNO/c1-13-10-5-3-2-4-9(12)8(10)6-7-11(13)14/h8-10H,2-7H2,1H3. The summed E-state index contributed by atoms with van der Waals surface area (Å²) in [7, 11) is 8.10. The summed E-state index contributed by atoms with van der Waals surface area (Å²) in [4.78, 5) is 13.5. The van der Waals surface area contributed by atoms with Crippen molar-refractivity contribution >= 4 is 13.8 Å². The highest BCUT2D eigenvalue weighted by atomic mass is 16.2. The third-order valence-corrected chi connectivity index (χ3v) is 3.91. The first-order valence-corrected chi connectivity index (χ1v) is 5.71. The molecule has 2 nitrogen and oxygen atoms in total. The summed E-state index contributed by atoms with van der Waals surface area (Å²) < 4.78 is 0. The van der Waals surface area contributed by atoms with Crippen LogP contribution in [0.2, 0.25) is 5.82 Å². The van der Waals surface area contributed by atoms with Gasteiger partial charge in [0.05, 0.1) is 7.85 Å². The van der Waals surface area contributed by atoms with Crippen molar-refractivity contribution in [2.45, 2.75) is 50.4 Å². The molecule has 2 fully saturated rings. The van der Waals surface area contributed by atoms with Gasteiger partial charge in [0.1, 0.15) is 0 Å². The van der Waals surface area contributed by atoms with Crippen molar-refractivity contribution in [3.05, 3.63) is 0 Å². The Balaban J connectivity index is 2.14. The molecule has 0 spiro atoms. The van der Waals surface area contributed by atoms with Crippen molar-refractivity contribution in [3.63, 3.8) is 0 Å². The van der Waals surface area contributed by atoms with E-state index in [9.17, 15) is 4.79 Å². The van der Waals surface area contributed by atoms with Gasteiger partial charge in [-0.1, -0.05) is 25.1 Å². The van der Waals surface area contributed by atoms with E-state index in [0.29, 0.717) is 30.1 Å². The molecule has 76 valence electrons. The van der Waals surface area contributed by atoms with Crippen molar-refractivity contribution in [1.82, 2.24) is 4.90 Å². The second-order valence-electron chi connectivity index (χ2n) is 4.72. The minimum absolute atomic E-state index is 0.306. The molecule has 1 saturated heterocycles. The van der Waals surface area contributed by atoms with Gasteiger partial charge >= 0.3 is 0 Å². The molecule has 14 heavy (non-hydrogen) atoms. The molecule has 0 aromatic rings. The number of likely N-dealkylation sites (tertiary alicyclic amines) is 1. The summed E-state index contributed by atoms with van der Waals surface area (Å²) in [6, 6.07) is 0.425. The van der Waals surface area contributed by atoms with Crippen LogP contribution < -0.4 is 0 Å². The smallest absolute Gasteiger partial charge is 0.222 e. The van der Waals surface area contributed by atoms with E-state index in [1.165, 1.54) is 12.8 Å². The molecule has 3 heteroatoms. The number of hydrogen-bond donors (Lipinski definition) is 0. The number of rotatable bonds is 0. The Morgan fingerprint density at radius 1 is 1.29 bits per heavy atom. The van der Waals surface area contributed by atoms with E-state index in [1.54, 1.807) is 0 Å². The maximum Gasteiger partial charge on any atom is 0.222 e. The van der Waals surface area contributed by atoms with E-state index in [0.717, 1.165) is 19.3 Å². The summed E-state index contributed by atoms with van der Waals surface area (Å²) in [5, 5.41) is 0. The first kappa shape index (κ1) is 10.1. The highest BCUT2D eigenvalue weighted by Crippen LogP contribution is 2.39. The lowest BCUT2D eigenvalue weighted by Gasteiger charge is -2.40. The fraction of sp³-hybridized carbons (Fsp3) is 0.909. The molecule has 0 bridgehead atoms. The van der Waals surface area contributed by atoms with Gasteiger partial charge in [-0.25, -0.2) is 0 Å². The molecule has 1 saturated carbocycles. The van der Waals surface area contributed by atoms with Crippen LogP contribution in [0.4, 0.5) is 0 Å². The van der Waals surface area contributed by atoms with Gasteiger partial charge in [-0.15, -0.1) is 0 Å². The van der Waals surface area contributed by atoms with Gasteiger partial charge < -0.3 is 4.90 Å². The number of fused-ring (bicyclic) bond motifs is 1. The molecule has 3 atom stereocenters. The monoisotopic (exact) mass is 191 g/mol. The van der Waals surface area contributed by atoms with Gasteiger partial charge in [-0.05, 0) is 18.8 Å².